The first-order chi connectivity index (χ1) is 6.24. The van der Waals surface area contributed by atoms with Gasteiger partial charge < -0.3 is 15.5 Å². The highest BCUT2D eigenvalue weighted by Gasteiger charge is 1.98. The summed E-state index contributed by atoms with van der Waals surface area (Å²) in [6, 6.07) is 4.76. The van der Waals surface area contributed by atoms with Crippen molar-refractivity contribution in [3.05, 3.63) is 23.8 Å². The van der Waals surface area contributed by atoms with Crippen molar-refractivity contribution in [3.8, 4) is 11.5 Å². The normalized spacial score (nSPS) is 8.85. The van der Waals surface area contributed by atoms with E-state index in [-0.39, 0.29) is 11.5 Å². The second kappa shape index (κ2) is 6.31. The summed E-state index contributed by atoms with van der Waals surface area (Å²) in [5.41, 5.74) is 0.947. The summed E-state index contributed by atoms with van der Waals surface area (Å²) in [6.45, 7) is 4.69. The summed E-state index contributed by atoms with van der Waals surface area (Å²) in [4.78, 5) is 0. The molecule has 0 saturated heterocycles. The molecular formula is C10H17NO2. The maximum Gasteiger partial charge on any atom is 0.157 e. The van der Waals surface area contributed by atoms with E-state index in [2.05, 4.69) is 5.32 Å². The molecule has 0 aliphatic carbocycles. The summed E-state index contributed by atoms with van der Waals surface area (Å²) in [5, 5.41) is 20.9. The van der Waals surface area contributed by atoms with Crippen LogP contribution in [-0.4, -0.2) is 17.3 Å². The monoisotopic (exact) mass is 183 g/mol. The molecule has 1 aromatic carbocycles. The average molecular weight is 183 g/mol. The van der Waals surface area contributed by atoms with Gasteiger partial charge >= 0.3 is 0 Å². The highest BCUT2D eigenvalue weighted by Crippen LogP contribution is 2.24. The Labute approximate surface area is 79.0 Å². The highest BCUT2D eigenvalue weighted by molar-refractivity contribution is 5.40. The summed E-state index contributed by atoms with van der Waals surface area (Å²) < 4.78 is 0. The van der Waals surface area contributed by atoms with E-state index in [0.717, 1.165) is 5.56 Å². The lowest BCUT2D eigenvalue weighted by atomic mass is 10.2. The number of phenols is 2. The standard InChI is InChI=1S/C8H11NO2.C2H6/c1-9-5-6-2-3-7(10)8(11)4-6;1-2/h2-4,9-11H,5H2,1H3;1-2H3. The summed E-state index contributed by atoms with van der Waals surface area (Å²) in [7, 11) is 1.82. The number of aromatic hydroxyl groups is 2. The van der Waals surface area contributed by atoms with Gasteiger partial charge in [0.05, 0.1) is 0 Å². The first kappa shape index (κ1) is 11.8. The van der Waals surface area contributed by atoms with Gasteiger partial charge in [0.2, 0.25) is 0 Å². The van der Waals surface area contributed by atoms with Crippen LogP contribution < -0.4 is 5.32 Å². The van der Waals surface area contributed by atoms with Crippen LogP contribution in [-0.2, 0) is 6.54 Å². The molecule has 1 aromatic rings. The SMILES string of the molecule is CC.CNCc1ccc(O)c(O)c1. The van der Waals surface area contributed by atoms with Gasteiger partial charge in [-0.25, -0.2) is 0 Å². The lowest BCUT2D eigenvalue weighted by Crippen LogP contribution is -2.04. The van der Waals surface area contributed by atoms with Crippen LogP contribution in [0.2, 0.25) is 0 Å². The molecule has 3 N–H and O–H groups in total. The highest BCUT2D eigenvalue weighted by atomic mass is 16.3. The molecule has 0 atom stereocenters. The average Bonchev–Trinajstić information content (AvgIpc) is 2.15. The van der Waals surface area contributed by atoms with Crippen LogP contribution in [0.25, 0.3) is 0 Å². The third kappa shape index (κ3) is 3.80. The van der Waals surface area contributed by atoms with E-state index in [9.17, 15) is 0 Å². The molecule has 0 amide bonds. The Morgan fingerprint density at radius 1 is 1.15 bits per heavy atom. The largest absolute Gasteiger partial charge is 0.504 e. The van der Waals surface area contributed by atoms with E-state index in [4.69, 9.17) is 10.2 Å². The van der Waals surface area contributed by atoms with Gasteiger partial charge in [0.1, 0.15) is 0 Å². The van der Waals surface area contributed by atoms with Crippen molar-refractivity contribution >= 4 is 0 Å². The van der Waals surface area contributed by atoms with Crippen LogP contribution in [0.5, 0.6) is 11.5 Å². The number of benzene rings is 1. The Morgan fingerprint density at radius 2 is 1.77 bits per heavy atom. The van der Waals surface area contributed by atoms with Gasteiger partial charge in [-0.05, 0) is 24.7 Å². The van der Waals surface area contributed by atoms with Crippen molar-refractivity contribution in [2.75, 3.05) is 7.05 Å². The third-order valence-corrected chi connectivity index (χ3v) is 1.42. The van der Waals surface area contributed by atoms with Crippen molar-refractivity contribution in [1.82, 2.24) is 5.32 Å². The number of nitrogens with one attached hydrogen (secondary N) is 1. The Kier molecular flexibility index (Phi) is 5.72. The number of rotatable bonds is 2. The number of phenolic OH excluding ortho intramolecular Hbond substituents is 2. The molecule has 0 aromatic heterocycles. The van der Waals surface area contributed by atoms with Crippen molar-refractivity contribution in [2.45, 2.75) is 20.4 Å². The van der Waals surface area contributed by atoms with E-state index < -0.39 is 0 Å². The van der Waals surface area contributed by atoms with Crippen LogP contribution in [0.1, 0.15) is 19.4 Å². The van der Waals surface area contributed by atoms with Gasteiger partial charge in [0.25, 0.3) is 0 Å². The maximum absolute atomic E-state index is 9.05. The zero-order valence-corrected chi connectivity index (χ0v) is 8.33. The lowest BCUT2D eigenvalue weighted by Gasteiger charge is -2.01. The van der Waals surface area contributed by atoms with Crippen molar-refractivity contribution in [3.63, 3.8) is 0 Å². The van der Waals surface area contributed by atoms with Crippen LogP contribution in [0.4, 0.5) is 0 Å². The predicted octanol–water partition coefficient (Wildman–Crippen LogP) is 1.84. The van der Waals surface area contributed by atoms with E-state index in [1.165, 1.54) is 12.1 Å². The third-order valence-electron chi connectivity index (χ3n) is 1.42. The Bertz CT molecular complexity index is 249. The van der Waals surface area contributed by atoms with E-state index in [1.54, 1.807) is 6.07 Å². The van der Waals surface area contributed by atoms with E-state index in [0.29, 0.717) is 6.54 Å². The van der Waals surface area contributed by atoms with Crippen molar-refractivity contribution in [2.24, 2.45) is 0 Å². The van der Waals surface area contributed by atoms with Crippen LogP contribution in [0.15, 0.2) is 18.2 Å². The molecular weight excluding hydrogens is 166 g/mol. The summed E-state index contributed by atoms with van der Waals surface area (Å²) in [6.07, 6.45) is 0. The lowest BCUT2D eigenvalue weighted by molar-refractivity contribution is 0.403. The Morgan fingerprint density at radius 3 is 2.23 bits per heavy atom. The van der Waals surface area contributed by atoms with Crippen LogP contribution in [0.3, 0.4) is 0 Å². The first-order valence-electron chi connectivity index (χ1n) is 4.39. The molecule has 0 aliphatic rings. The van der Waals surface area contributed by atoms with Crippen molar-refractivity contribution in [1.29, 1.82) is 0 Å². The molecule has 0 aliphatic heterocycles. The number of hydrogen-bond donors (Lipinski definition) is 3. The molecule has 0 saturated carbocycles. The van der Waals surface area contributed by atoms with Gasteiger partial charge in [-0.3, -0.25) is 0 Å². The van der Waals surface area contributed by atoms with Gasteiger partial charge in [-0.1, -0.05) is 19.9 Å². The predicted molar refractivity (Wildman–Crippen MR) is 53.9 cm³/mol. The topological polar surface area (TPSA) is 52.5 Å². The van der Waals surface area contributed by atoms with Gasteiger partial charge in [-0.15, -0.1) is 0 Å². The summed E-state index contributed by atoms with van der Waals surface area (Å²) in [5.74, 6) is -0.150. The molecule has 74 valence electrons. The second-order valence-electron chi connectivity index (χ2n) is 2.35. The first-order valence-corrected chi connectivity index (χ1v) is 4.39. The molecule has 1 rings (SSSR count). The summed E-state index contributed by atoms with van der Waals surface area (Å²) >= 11 is 0. The number of hydrogen-bond acceptors (Lipinski definition) is 3. The second-order valence-corrected chi connectivity index (χ2v) is 2.35. The fourth-order valence-corrected chi connectivity index (χ4v) is 0.883. The van der Waals surface area contributed by atoms with Gasteiger partial charge in [0.15, 0.2) is 11.5 Å². The van der Waals surface area contributed by atoms with Gasteiger partial charge in [0, 0.05) is 6.54 Å². The Balaban J connectivity index is 0.000000671. The van der Waals surface area contributed by atoms with E-state index >= 15 is 0 Å². The minimum absolute atomic E-state index is 0.0715. The van der Waals surface area contributed by atoms with Gasteiger partial charge in [-0.2, -0.15) is 0 Å². The van der Waals surface area contributed by atoms with Crippen molar-refractivity contribution < 1.29 is 10.2 Å². The smallest absolute Gasteiger partial charge is 0.157 e. The molecule has 3 nitrogen and oxygen atoms in total. The maximum atomic E-state index is 9.05. The molecule has 0 spiro atoms. The zero-order chi connectivity index (χ0) is 10.3. The van der Waals surface area contributed by atoms with E-state index in [1.807, 2.05) is 20.9 Å². The van der Waals surface area contributed by atoms with Crippen LogP contribution >= 0.6 is 0 Å². The van der Waals surface area contributed by atoms with Crippen LogP contribution in [0, 0.1) is 0 Å². The molecule has 0 unspecified atom stereocenters. The molecule has 0 heterocycles. The zero-order valence-electron chi connectivity index (χ0n) is 8.33. The molecule has 0 fully saturated rings. The molecule has 0 bridgehead atoms. The molecule has 0 radical (unpaired) electrons. The minimum Gasteiger partial charge on any atom is -0.504 e. The molecule has 3 heteroatoms. The minimum atomic E-state index is -0.0788. The fraction of sp³-hybridized carbons (Fsp3) is 0.400. The fourth-order valence-electron chi connectivity index (χ4n) is 0.883. The molecule has 13 heavy (non-hydrogen) atoms. The quantitative estimate of drug-likeness (QED) is 0.613. The Hall–Kier alpha value is -1.22.